The zero-order valence-electron chi connectivity index (χ0n) is 10.2. The van der Waals surface area contributed by atoms with Crippen LogP contribution in [0.25, 0.3) is 0 Å². The number of nitrogens with zero attached hydrogens (tertiary/aromatic N) is 1. The van der Waals surface area contributed by atoms with Crippen LogP contribution in [0.4, 0.5) is 4.79 Å². The summed E-state index contributed by atoms with van der Waals surface area (Å²) in [5.74, 6) is -0.986. The molecule has 0 aromatic rings. The second-order valence-electron chi connectivity index (χ2n) is 4.43. The van der Waals surface area contributed by atoms with Crippen LogP contribution in [0, 0.1) is 0 Å². The van der Waals surface area contributed by atoms with Gasteiger partial charge in [0.25, 0.3) is 0 Å². The van der Waals surface area contributed by atoms with Gasteiger partial charge >= 0.3 is 12.1 Å². The minimum atomic E-state index is -0.986. The topological polar surface area (TPSA) is 66.8 Å². The normalized spacial score (nSPS) is 11.5. The van der Waals surface area contributed by atoms with E-state index in [0.717, 1.165) is 6.08 Å². The van der Waals surface area contributed by atoms with Gasteiger partial charge in [0.05, 0.1) is 0 Å². The number of carbonyl (C=O) groups is 2. The van der Waals surface area contributed by atoms with Crippen molar-refractivity contribution < 1.29 is 19.4 Å². The van der Waals surface area contributed by atoms with Crippen molar-refractivity contribution in [3.63, 3.8) is 0 Å². The highest BCUT2D eigenvalue weighted by atomic mass is 16.6. The fraction of sp³-hybridized carbons (Fsp3) is 0.636. The molecule has 0 atom stereocenters. The maximum Gasteiger partial charge on any atom is 0.410 e. The summed E-state index contributed by atoms with van der Waals surface area (Å²) in [5.41, 5.74) is -0.512. The number of amides is 1. The highest BCUT2D eigenvalue weighted by Crippen LogP contribution is 2.09. The van der Waals surface area contributed by atoms with Crippen LogP contribution in [0.15, 0.2) is 12.2 Å². The zero-order valence-corrected chi connectivity index (χ0v) is 10.2. The molecule has 0 saturated carbocycles. The molecular weight excluding hydrogens is 210 g/mol. The zero-order chi connectivity index (χ0) is 12.8. The first kappa shape index (κ1) is 14.5. The second kappa shape index (κ2) is 6.15. The van der Waals surface area contributed by atoms with Crippen molar-refractivity contribution in [3.05, 3.63) is 12.2 Å². The lowest BCUT2D eigenvalue weighted by Crippen LogP contribution is -2.34. The number of rotatable bonds is 4. The largest absolute Gasteiger partial charge is 0.478 e. The Morgan fingerprint density at radius 1 is 1.38 bits per heavy atom. The molecule has 1 N–H and O–H groups in total. The van der Waals surface area contributed by atoms with Gasteiger partial charge in [-0.1, -0.05) is 6.08 Å². The maximum absolute atomic E-state index is 11.5. The van der Waals surface area contributed by atoms with E-state index in [1.807, 2.05) is 0 Å². The monoisotopic (exact) mass is 229 g/mol. The van der Waals surface area contributed by atoms with E-state index >= 15 is 0 Å². The lowest BCUT2D eigenvalue weighted by atomic mass is 10.2. The molecule has 92 valence electrons. The molecule has 5 nitrogen and oxygen atoms in total. The highest BCUT2D eigenvalue weighted by Gasteiger charge is 2.18. The van der Waals surface area contributed by atoms with Crippen LogP contribution < -0.4 is 0 Å². The first-order chi connectivity index (χ1) is 7.22. The summed E-state index contributed by atoms with van der Waals surface area (Å²) in [4.78, 5) is 23.0. The Hall–Kier alpha value is -1.52. The molecule has 0 unspecified atom stereocenters. The molecule has 0 fully saturated rings. The summed E-state index contributed by atoms with van der Waals surface area (Å²) < 4.78 is 5.12. The summed E-state index contributed by atoms with van der Waals surface area (Å²) >= 11 is 0. The second-order valence-corrected chi connectivity index (χ2v) is 4.43. The van der Waals surface area contributed by atoms with Crippen LogP contribution in [0.2, 0.25) is 0 Å². The molecule has 0 spiro atoms. The first-order valence-corrected chi connectivity index (χ1v) is 5.06. The van der Waals surface area contributed by atoms with Crippen molar-refractivity contribution in [3.8, 4) is 0 Å². The van der Waals surface area contributed by atoms with E-state index in [0.29, 0.717) is 13.0 Å². The van der Waals surface area contributed by atoms with E-state index in [1.54, 1.807) is 27.8 Å². The standard InChI is InChI=1S/C11H19NO4/c1-11(2,3)16-10(15)12(4)8-6-5-7-9(13)14/h5,7H,6,8H2,1-4H3,(H,13,14)/b7-5+. The van der Waals surface area contributed by atoms with Crippen molar-refractivity contribution >= 4 is 12.1 Å². The van der Waals surface area contributed by atoms with E-state index < -0.39 is 17.7 Å². The average Bonchev–Trinajstić information content (AvgIpc) is 2.08. The van der Waals surface area contributed by atoms with Crippen molar-refractivity contribution in [2.75, 3.05) is 13.6 Å². The predicted octanol–water partition coefficient (Wildman–Crippen LogP) is 1.88. The van der Waals surface area contributed by atoms with Crippen LogP contribution in [-0.4, -0.2) is 41.3 Å². The Labute approximate surface area is 95.7 Å². The fourth-order valence-corrected chi connectivity index (χ4v) is 0.883. The summed E-state index contributed by atoms with van der Waals surface area (Å²) in [6.07, 6.45) is 2.64. The van der Waals surface area contributed by atoms with Crippen LogP contribution in [-0.2, 0) is 9.53 Å². The molecule has 0 aromatic carbocycles. The van der Waals surface area contributed by atoms with Crippen LogP contribution in [0.5, 0.6) is 0 Å². The summed E-state index contributed by atoms with van der Waals surface area (Å²) in [5, 5.41) is 8.35. The fourth-order valence-electron chi connectivity index (χ4n) is 0.883. The van der Waals surface area contributed by atoms with E-state index in [9.17, 15) is 9.59 Å². The number of hydrogen-bond donors (Lipinski definition) is 1. The third-order valence-corrected chi connectivity index (χ3v) is 1.60. The minimum Gasteiger partial charge on any atom is -0.478 e. The molecule has 0 aliphatic rings. The number of aliphatic carboxylic acids is 1. The molecule has 1 amide bonds. The number of ether oxygens (including phenoxy) is 1. The molecule has 0 rings (SSSR count). The van der Waals surface area contributed by atoms with E-state index in [1.165, 1.54) is 11.0 Å². The summed E-state index contributed by atoms with van der Waals surface area (Å²) in [6.45, 7) is 5.81. The molecule has 0 aliphatic carbocycles. The number of hydrogen-bond acceptors (Lipinski definition) is 3. The van der Waals surface area contributed by atoms with Crippen molar-refractivity contribution in [1.82, 2.24) is 4.90 Å². The molecule has 0 bridgehead atoms. The van der Waals surface area contributed by atoms with Gasteiger partial charge in [-0.2, -0.15) is 0 Å². The highest BCUT2D eigenvalue weighted by molar-refractivity contribution is 5.79. The van der Waals surface area contributed by atoms with Gasteiger partial charge in [0.15, 0.2) is 0 Å². The molecule has 0 aromatic heterocycles. The quantitative estimate of drug-likeness (QED) is 0.747. The molecule has 0 saturated heterocycles. The Morgan fingerprint density at radius 2 is 1.94 bits per heavy atom. The Bertz CT molecular complexity index is 278. The Morgan fingerprint density at radius 3 is 2.38 bits per heavy atom. The van der Waals surface area contributed by atoms with Gasteiger partial charge in [-0.15, -0.1) is 0 Å². The predicted molar refractivity (Wildman–Crippen MR) is 60.3 cm³/mol. The third kappa shape index (κ3) is 7.84. The number of carboxylic acids is 1. The molecule has 0 aliphatic heterocycles. The van der Waals surface area contributed by atoms with E-state index in [-0.39, 0.29) is 0 Å². The van der Waals surface area contributed by atoms with Crippen molar-refractivity contribution in [2.24, 2.45) is 0 Å². The van der Waals surface area contributed by atoms with Gasteiger partial charge in [-0.3, -0.25) is 0 Å². The molecule has 0 radical (unpaired) electrons. The Balaban J connectivity index is 3.93. The number of carbonyl (C=O) groups excluding carboxylic acids is 1. The lowest BCUT2D eigenvalue weighted by Gasteiger charge is -2.24. The lowest BCUT2D eigenvalue weighted by molar-refractivity contribution is -0.131. The molecular formula is C11H19NO4. The van der Waals surface area contributed by atoms with Crippen LogP contribution in [0.1, 0.15) is 27.2 Å². The van der Waals surface area contributed by atoms with Crippen LogP contribution >= 0.6 is 0 Å². The maximum atomic E-state index is 11.5. The van der Waals surface area contributed by atoms with Gasteiger partial charge in [0.1, 0.15) is 5.60 Å². The van der Waals surface area contributed by atoms with Gasteiger partial charge in [-0.05, 0) is 27.2 Å². The van der Waals surface area contributed by atoms with Gasteiger partial charge in [0, 0.05) is 19.7 Å². The van der Waals surface area contributed by atoms with Gasteiger partial charge in [-0.25, -0.2) is 9.59 Å². The smallest absolute Gasteiger partial charge is 0.410 e. The third-order valence-electron chi connectivity index (χ3n) is 1.60. The van der Waals surface area contributed by atoms with E-state index in [2.05, 4.69) is 0 Å². The summed E-state index contributed by atoms with van der Waals surface area (Å²) in [6, 6.07) is 0. The SMILES string of the molecule is CN(CC/C=C/C(=O)O)C(=O)OC(C)(C)C. The van der Waals surface area contributed by atoms with Gasteiger partial charge in [0.2, 0.25) is 0 Å². The van der Waals surface area contributed by atoms with Crippen molar-refractivity contribution in [1.29, 1.82) is 0 Å². The minimum absolute atomic E-state index is 0.406. The summed E-state index contributed by atoms with van der Waals surface area (Å²) in [7, 11) is 1.61. The average molecular weight is 229 g/mol. The van der Waals surface area contributed by atoms with E-state index in [4.69, 9.17) is 9.84 Å². The molecule has 5 heteroatoms. The van der Waals surface area contributed by atoms with Gasteiger partial charge < -0.3 is 14.7 Å². The van der Waals surface area contributed by atoms with Crippen molar-refractivity contribution in [2.45, 2.75) is 32.8 Å². The molecule has 16 heavy (non-hydrogen) atoms. The first-order valence-electron chi connectivity index (χ1n) is 5.06. The molecule has 0 heterocycles. The number of carboxylic acid groups (broad SMARTS) is 1. The Kier molecular flexibility index (Phi) is 5.56. The van der Waals surface area contributed by atoms with Crippen LogP contribution in [0.3, 0.4) is 0 Å².